The standard InChI is InChI=1S/C38H31NO8/c1-45-29-12-6-10-25(18-29)38(44)47-28-15-13-23(14-16-28)32(40)21-46-37(43)24-9-5-11-27(17-24)39-35(41)33-26-19-30(22-7-3-2-4-8-22)31(20-26)34(33)36(39)42/h2-18,26,30-31,33-34H,19-21H2,1H3/t26-,30-,31-,33-,34+/m1/s1. The second-order valence-electron chi connectivity index (χ2n) is 12.2. The number of nitrogens with zero attached hydrogens (tertiary/aromatic N) is 1. The molecule has 0 aromatic heterocycles. The molecule has 0 radical (unpaired) electrons. The van der Waals surface area contributed by atoms with Crippen LogP contribution in [0.2, 0.25) is 0 Å². The van der Waals surface area contributed by atoms with Crippen molar-refractivity contribution in [3.63, 3.8) is 0 Å². The molecule has 2 aliphatic carbocycles. The Labute approximate surface area is 271 Å². The Morgan fingerprint density at radius 3 is 2.15 bits per heavy atom. The van der Waals surface area contributed by atoms with Crippen molar-refractivity contribution in [1.29, 1.82) is 0 Å². The van der Waals surface area contributed by atoms with Crippen molar-refractivity contribution >= 4 is 35.2 Å². The number of anilines is 1. The summed E-state index contributed by atoms with van der Waals surface area (Å²) in [5.41, 5.74) is 2.23. The first-order chi connectivity index (χ1) is 22.8. The van der Waals surface area contributed by atoms with E-state index in [0.717, 1.165) is 12.8 Å². The van der Waals surface area contributed by atoms with Crippen LogP contribution in [0.5, 0.6) is 11.5 Å². The fraction of sp³-hybridized carbons (Fsp3) is 0.237. The molecule has 236 valence electrons. The van der Waals surface area contributed by atoms with E-state index in [2.05, 4.69) is 12.1 Å². The maximum absolute atomic E-state index is 13.7. The van der Waals surface area contributed by atoms with Gasteiger partial charge >= 0.3 is 11.9 Å². The topological polar surface area (TPSA) is 116 Å². The predicted octanol–water partition coefficient (Wildman–Crippen LogP) is 5.88. The van der Waals surface area contributed by atoms with Crippen LogP contribution in [0, 0.1) is 23.7 Å². The van der Waals surface area contributed by atoms with Crippen molar-refractivity contribution in [2.75, 3.05) is 18.6 Å². The zero-order valence-corrected chi connectivity index (χ0v) is 25.5. The van der Waals surface area contributed by atoms with Gasteiger partial charge in [0.05, 0.1) is 35.8 Å². The first-order valence-electron chi connectivity index (χ1n) is 15.5. The van der Waals surface area contributed by atoms with Gasteiger partial charge in [-0.15, -0.1) is 0 Å². The molecular weight excluding hydrogens is 598 g/mol. The number of rotatable bonds is 9. The number of esters is 2. The lowest BCUT2D eigenvalue weighted by Gasteiger charge is -2.28. The van der Waals surface area contributed by atoms with Crippen molar-refractivity contribution < 1.29 is 38.2 Å². The van der Waals surface area contributed by atoms with Crippen LogP contribution in [0.3, 0.4) is 0 Å². The highest BCUT2D eigenvalue weighted by atomic mass is 16.5. The fourth-order valence-corrected chi connectivity index (χ4v) is 7.49. The van der Waals surface area contributed by atoms with E-state index >= 15 is 0 Å². The Morgan fingerprint density at radius 2 is 1.40 bits per heavy atom. The molecular formula is C38H31NO8. The second-order valence-corrected chi connectivity index (χ2v) is 12.2. The Hall–Kier alpha value is -5.57. The minimum Gasteiger partial charge on any atom is -0.497 e. The quantitative estimate of drug-likeness (QED) is 0.0975. The summed E-state index contributed by atoms with van der Waals surface area (Å²) in [6, 6.07) is 28.8. The van der Waals surface area contributed by atoms with Crippen molar-refractivity contribution in [2.24, 2.45) is 23.7 Å². The highest BCUT2D eigenvalue weighted by Crippen LogP contribution is 2.61. The number of hydrogen-bond donors (Lipinski definition) is 0. The second kappa shape index (κ2) is 12.3. The third-order valence-electron chi connectivity index (χ3n) is 9.61. The molecule has 1 heterocycles. The first kappa shape index (κ1) is 30.1. The van der Waals surface area contributed by atoms with Gasteiger partial charge in [-0.25, -0.2) is 9.59 Å². The molecule has 0 unspecified atom stereocenters. The number of carbonyl (C=O) groups is 5. The van der Waals surface area contributed by atoms with Crippen LogP contribution in [0.4, 0.5) is 5.69 Å². The smallest absolute Gasteiger partial charge is 0.343 e. The molecule has 1 aliphatic heterocycles. The van der Waals surface area contributed by atoms with E-state index in [4.69, 9.17) is 14.2 Å². The van der Waals surface area contributed by atoms with E-state index in [1.165, 1.54) is 54.0 Å². The summed E-state index contributed by atoms with van der Waals surface area (Å²) in [6.45, 7) is -0.526. The van der Waals surface area contributed by atoms with Crippen LogP contribution in [-0.2, 0) is 14.3 Å². The van der Waals surface area contributed by atoms with E-state index in [1.807, 2.05) is 18.2 Å². The maximum atomic E-state index is 13.7. The molecule has 3 aliphatic rings. The monoisotopic (exact) mass is 629 g/mol. The van der Waals surface area contributed by atoms with Crippen LogP contribution in [0.15, 0.2) is 103 Å². The van der Waals surface area contributed by atoms with E-state index < -0.39 is 24.3 Å². The van der Waals surface area contributed by atoms with E-state index in [0.29, 0.717) is 17.0 Å². The van der Waals surface area contributed by atoms with Gasteiger partial charge in [-0.3, -0.25) is 19.3 Å². The summed E-state index contributed by atoms with van der Waals surface area (Å²) in [6.07, 6.45) is 1.76. The summed E-state index contributed by atoms with van der Waals surface area (Å²) >= 11 is 0. The van der Waals surface area contributed by atoms with Crippen LogP contribution in [0.25, 0.3) is 0 Å². The summed E-state index contributed by atoms with van der Waals surface area (Å²) in [7, 11) is 1.50. The molecule has 2 saturated carbocycles. The molecule has 5 atom stereocenters. The summed E-state index contributed by atoms with van der Waals surface area (Å²) in [4.78, 5) is 66.7. The van der Waals surface area contributed by atoms with E-state index in [1.54, 1.807) is 36.4 Å². The van der Waals surface area contributed by atoms with Gasteiger partial charge in [0.1, 0.15) is 11.5 Å². The largest absolute Gasteiger partial charge is 0.497 e. The van der Waals surface area contributed by atoms with Crippen molar-refractivity contribution in [2.45, 2.75) is 18.8 Å². The predicted molar refractivity (Wildman–Crippen MR) is 170 cm³/mol. The molecule has 47 heavy (non-hydrogen) atoms. The Bertz CT molecular complexity index is 1890. The van der Waals surface area contributed by atoms with Gasteiger partial charge in [0, 0.05) is 5.56 Å². The zero-order valence-electron chi connectivity index (χ0n) is 25.5. The average Bonchev–Trinajstić information content (AvgIpc) is 3.78. The van der Waals surface area contributed by atoms with Gasteiger partial charge in [-0.2, -0.15) is 0 Å². The van der Waals surface area contributed by atoms with Gasteiger partial charge < -0.3 is 14.2 Å². The number of fused-ring (bicyclic) bond motifs is 5. The van der Waals surface area contributed by atoms with E-state index in [-0.39, 0.29) is 58.3 Å². The highest BCUT2D eigenvalue weighted by molar-refractivity contribution is 6.23. The number of carbonyl (C=O) groups excluding carboxylic acids is 5. The number of amides is 2. The zero-order chi connectivity index (χ0) is 32.7. The highest BCUT2D eigenvalue weighted by Gasteiger charge is 2.64. The number of methoxy groups -OCH3 is 1. The van der Waals surface area contributed by atoms with Gasteiger partial charge in [-0.05, 0) is 96.8 Å². The maximum Gasteiger partial charge on any atom is 0.343 e. The summed E-state index contributed by atoms with van der Waals surface area (Å²) in [5.74, 6) is -1.64. The summed E-state index contributed by atoms with van der Waals surface area (Å²) in [5, 5.41) is 0. The number of benzene rings is 4. The third-order valence-corrected chi connectivity index (χ3v) is 9.61. The minimum atomic E-state index is -0.757. The molecule has 1 saturated heterocycles. The molecule has 9 heteroatoms. The molecule has 9 nitrogen and oxygen atoms in total. The molecule has 4 aromatic carbocycles. The minimum absolute atomic E-state index is 0.113. The van der Waals surface area contributed by atoms with E-state index in [9.17, 15) is 24.0 Å². The molecule has 7 rings (SSSR count). The molecule has 3 fully saturated rings. The number of hydrogen-bond acceptors (Lipinski definition) is 8. The first-order valence-corrected chi connectivity index (χ1v) is 15.5. The van der Waals surface area contributed by atoms with Crippen molar-refractivity contribution in [3.8, 4) is 11.5 Å². The molecule has 0 spiro atoms. The van der Waals surface area contributed by atoms with Gasteiger partial charge in [-0.1, -0.05) is 42.5 Å². The summed E-state index contributed by atoms with van der Waals surface area (Å²) < 4.78 is 15.8. The van der Waals surface area contributed by atoms with Gasteiger partial charge in [0.25, 0.3) is 0 Å². The van der Waals surface area contributed by atoms with Crippen LogP contribution in [0.1, 0.15) is 55.4 Å². The average molecular weight is 630 g/mol. The van der Waals surface area contributed by atoms with Crippen LogP contribution >= 0.6 is 0 Å². The van der Waals surface area contributed by atoms with Gasteiger partial charge in [0.15, 0.2) is 12.4 Å². The SMILES string of the molecule is COc1cccc(C(=O)Oc2ccc(C(=O)COC(=O)c3cccc(N4C(=O)[C@@H]5[C@H]6C[C@@H]([C@@H]5C4=O)[C@@H](c4ccccc4)C6)c3)cc2)c1. The van der Waals surface area contributed by atoms with Gasteiger partial charge in [0.2, 0.25) is 11.8 Å². The van der Waals surface area contributed by atoms with Crippen molar-refractivity contribution in [1.82, 2.24) is 0 Å². The van der Waals surface area contributed by atoms with Crippen LogP contribution < -0.4 is 14.4 Å². The van der Waals surface area contributed by atoms with Crippen LogP contribution in [-0.4, -0.2) is 43.3 Å². The molecule has 4 aromatic rings. The fourth-order valence-electron chi connectivity index (χ4n) is 7.49. The lowest BCUT2D eigenvalue weighted by Crippen LogP contribution is -2.33. The Balaban J connectivity index is 0.973. The number of ether oxygens (including phenoxy) is 3. The lowest BCUT2D eigenvalue weighted by atomic mass is 9.73. The number of ketones is 1. The normalized spacial score (nSPS) is 22.6. The third kappa shape index (κ3) is 5.58. The lowest BCUT2D eigenvalue weighted by molar-refractivity contribution is -0.123. The van der Waals surface area contributed by atoms with Crippen molar-refractivity contribution in [3.05, 3.63) is 125 Å². The molecule has 0 N–H and O–H groups in total. The Morgan fingerprint density at radius 1 is 0.702 bits per heavy atom. The Kier molecular flexibility index (Phi) is 7.89. The number of imide groups is 1. The number of Topliss-reactive ketones (excluding diaryl/α,β-unsaturated/α-hetero) is 1. The molecule has 2 amide bonds. The molecule has 2 bridgehead atoms.